The van der Waals surface area contributed by atoms with Crippen LogP contribution in [0.1, 0.15) is 25.0 Å². The Labute approximate surface area is 208 Å². The van der Waals surface area contributed by atoms with E-state index in [2.05, 4.69) is 10.6 Å². The molecule has 0 aliphatic carbocycles. The molecule has 0 spiro atoms. The van der Waals surface area contributed by atoms with Crippen LogP contribution in [-0.4, -0.2) is 18.4 Å². The number of nitrogens with one attached hydrogen (secondary N) is 2. The van der Waals surface area contributed by atoms with E-state index in [4.69, 9.17) is 21.1 Å². The number of nitrogens with zero attached hydrogens (tertiary/aromatic N) is 1. The number of hydrogen-bond donors (Lipinski definition) is 2. The molecule has 7 nitrogen and oxygen atoms in total. The first-order valence-corrected chi connectivity index (χ1v) is 11.2. The van der Waals surface area contributed by atoms with Crippen molar-refractivity contribution in [3.8, 4) is 17.6 Å². The van der Waals surface area contributed by atoms with Crippen molar-refractivity contribution in [1.82, 2.24) is 0 Å². The number of benzene rings is 3. The number of anilines is 2. The molecule has 3 rings (SSSR count). The lowest BCUT2D eigenvalue weighted by molar-refractivity contribution is -0.114. The first kappa shape index (κ1) is 25.3. The van der Waals surface area contributed by atoms with Gasteiger partial charge in [-0.25, -0.2) is 0 Å². The number of ether oxygens (including phenoxy) is 2. The van der Waals surface area contributed by atoms with Crippen LogP contribution in [0.25, 0.3) is 6.08 Å². The summed E-state index contributed by atoms with van der Waals surface area (Å²) in [5.41, 5.74) is 2.59. The molecule has 0 atom stereocenters. The molecule has 0 aliphatic heterocycles. The van der Waals surface area contributed by atoms with Crippen LogP contribution in [0.5, 0.6) is 11.5 Å². The van der Waals surface area contributed by atoms with Crippen molar-refractivity contribution < 1.29 is 19.1 Å². The molecule has 178 valence electrons. The highest BCUT2D eigenvalue weighted by molar-refractivity contribution is 6.30. The Hall–Kier alpha value is -4.28. The maximum Gasteiger partial charge on any atom is 0.266 e. The lowest BCUT2D eigenvalue weighted by Crippen LogP contribution is -2.13. The Morgan fingerprint density at radius 2 is 1.60 bits per heavy atom. The van der Waals surface area contributed by atoms with Gasteiger partial charge in [0, 0.05) is 23.3 Å². The van der Waals surface area contributed by atoms with Crippen molar-refractivity contribution >= 4 is 40.9 Å². The van der Waals surface area contributed by atoms with E-state index in [1.54, 1.807) is 54.6 Å². The van der Waals surface area contributed by atoms with Gasteiger partial charge in [0.05, 0.1) is 6.61 Å². The number of carbonyl (C=O) groups excluding carboxylic acids is 2. The first-order chi connectivity index (χ1) is 16.9. The second kappa shape index (κ2) is 12.3. The van der Waals surface area contributed by atoms with Crippen LogP contribution in [0.15, 0.2) is 72.3 Å². The summed E-state index contributed by atoms with van der Waals surface area (Å²) < 4.78 is 11.6. The summed E-state index contributed by atoms with van der Waals surface area (Å²) in [6, 6.07) is 21.1. The quantitative estimate of drug-likeness (QED) is 0.291. The highest BCUT2D eigenvalue weighted by Crippen LogP contribution is 2.30. The molecule has 0 aliphatic rings. The maximum absolute atomic E-state index is 12.6. The average Bonchev–Trinajstić information content (AvgIpc) is 2.84. The van der Waals surface area contributed by atoms with E-state index in [0.29, 0.717) is 46.7 Å². The molecular formula is C27H24ClN3O4. The molecule has 0 radical (unpaired) electrons. The van der Waals surface area contributed by atoms with Crippen LogP contribution < -0.4 is 20.1 Å². The number of amides is 2. The van der Waals surface area contributed by atoms with Crippen LogP contribution in [0.3, 0.4) is 0 Å². The van der Waals surface area contributed by atoms with Gasteiger partial charge < -0.3 is 20.1 Å². The Kier molecular flexibility index (Phi) is 8.88. The molecule has 0 aromatic heterocycles. The van der Waals surface area contributed by atoms with Crippen LogP contribution in [0.4, 0.5) is 11.4 Å². The predicted octanol–water partition coefficient (Wildman–Crippen LogP) is 5.82. The van der Waals surface area contributed by atoms with Gasteiger partial charge in [-0.15, -0.1) is 0 Å². The second-order valence-corrected chi connectivity index (χ2v) is 7.87. The van der Waals surface area contributed by atoms with E-state index in [0.717, 1.165) is 5.56 Å². The van der Waals surface area contributed by atoms with Crippen LogP contribution in [-0.2, 0) is 16.2 Å². The van der Waals surface area contributed by atoms with E-state index >= 15 is 0 Å². The molecule has 3 aromatic carbocycles. The van der Waals surface area contributed by atoms with Crippen molar-refractivity contribution in [2.75, 3.05) is 17.2 Å². The largest absolute Gasteiger partial charge is 0.490 e. The number of rotatable bonds is 9. The van der Waals surface area contributed by atoms with Crippen molar-refractivity contribution in [2.45, 2.75) is 20.5 Å². The Bertz CT molecular complexity index is 1260. The zero-order valence-electron chi connectivity index (χ0n) is 19.3. The number of halogens is 1. The van der Waals surface area contributed by atoms with Crippen molar-refractivity contribution in [3.05, 3.63) is 88.5 Å². The second-order valence-electron chi connectivity index (χ2n) is 7.44. The Morgan fingerprint density at radius 3 is 2.20 bits per heavy atom. The van der Waals surface area contributed by atoms with Gasteiger partial charge in [-0.1, -0.05) is 29.8 Å². The minimum absolute atomic E-state index is 0.0757. The van der Waals surface area contributed by atoms with Gasteiger partial charge in [0.25, 0.3) is 5.91 Å². The fourth-order valence-corrected chi connectivity index (χ4v) is 3.22. The normalized spacial score (nSPS) is 10.7. The summed E-state index contributed by atoms with van der Waals surface area (Å²) >= 11 is 5.92. The summed E-state index contributed by atoms with van der Waals surface area (Å²) in [7, 11) is 0. The van der Waals surface area contributed by atoms with Crippen molar-refractivity contribution in [3.63, 3.8) is 0 Å². The third-order valence-corrected chi connectivity index (χ3v) is 4.97. The van der Waals surface area contributed by atoms with E-state index in [9.17, 15) is 14.9 Å². The van der Waals surface area contributed by atoms with E-state index < -0.39 is 5.91 Å². The summed E-state index contributed by atoms with van der Waals surface area (Å²) in [6.45, 7) is 4.02. The highest BCUT2D eigenvalue weighted by Gasteiger charge is 2.12. The standard InChI is InChI=1S/C27H24ClN3O4/c1-3-34-26-15-20(6-13-25(26)35-17-19-4-7-22(28)8-5-19)14-21(16-29)27(33)31-24-11-9-23(10-12-24)30-18(2)32/h4-15H,3,17H2,1-2H3,(H,30,32)(H,31,33). The lowest BCUT2D eigenvalue weighted by Gasteiger charge is -2.13. The van der Waals surface area contributed by atoms with E-state index in [-0.39, 0.29) is 11.5 Å². The van der Waals surface area contributed by atoms with Crippen LogP contribution in [0.2, 0.25) is 5.02 Å². The molecule has 8 heteroatoms. The molecule has 0 saturated heterocycles. The topological polar surface area (TPSA) is 100 Å². The Balaban J connectivity index is 1.73. The first-order valence-electron chi connectivity index (χ1n) is 10.8. The smallest absolute Gasteiger partial charge is 0.266 e. The van der Waals surface area contributed by atoms with E-state index in [1.807, 2.05) is 25.1 Å². The highest BCUT2D eigenvalue weighted by atomic mass is 35.5. The van der Waals surface area contributed by atoms with Gasteiger partial charge in [0.1, 0.15) is 18.2 Å². The number of carbonyl (C=O) groups is 2. The van der Waals surface area contributed by atoms with Crippen molar-refractivity contribution in [1.29, 1.82) is 5.26 Å². The maximum atomic E-state index is 12.6. The van der Waals surface area contributed by atoms with Gasteiger partial charge in [0.2, 0.25) is 5.91 Å². The minimum atomic E-state index is -0.555. The molecule has 0 bridgehead atoms. The van der Waals surface area contributed by atoms with Gasteiger partial charge in [-0.3, -0.25) is 9.59 Å². The summed E-state index contributed by atoms with van der Waals surface area (Å²) in [5.74, 6) is 0.299. The summed E-state index contributed by atoms with van der Waals surface area (Å²) in [6.07, 6.45) is 1.48. The summed E-state index contributed by atoms with van der Waals surface area (Å²) in [5, 5.41) is 15.5. The molecule has 0 fully saturated rings. The molecule has 0 heterocycles. The van der Waals surface area contributed by atoms with Gasteiger partial charge in [-0.2, -0.15) is 5.26 Å². The Morgan fingerprint density at radius 1 is 0.943 bits per heavy atom. The van der Waals surface area contributed by atoms with Crippen molar-refractivity contribution in [2.24, 2.45) is 0 Å². The molecule has 35 heavy (non-hydrogen) atoms. The van der Waals surface area contributed by atoms with Gasteiger partial charge >= 0.3 is 0 Å². The zero-order chi connectivity index (χ0) is 25.2. The van der Waals surface area contributed by atoms with Gasteiger partial charge in [0.15, 0.2) is 11.5 Å². The van der Waals surface area contributed by atoms with Crippen LogP contribution in [0, 0.1) is 11.3 Å². The minimum Gasteiger partial charge on any atom is -0.490 e. The predicted molar refractivity (Wildman–Crippen MR) is 136 cm³/mol. The average molecular weight is 490 g/mol. The zero-order valence-corrected chi connectivity index (χ0v) is 20.1. The molecular weight excluding hydrogens is 466 g/mol. The molecule has 0 unspecified atom stereocenters. The SMILES string of the molecule is CCOc1cc(C=C(C#N)C(=O)Nc2ccc(NC(C)=O)cc2)ccc1OCc1ccc(Cl)cc1. The molecule has 2 amide bonds. The summed E-state index contributed by atoms with van der Waals surface area (Å²) in [4.78, 5) is 23.8. The fraction of sp³-hybridized carbons (Fsp3) is 0.148. The molecule has 3 aromatic rings. The number of hydrogen-bond acceptors (Lipinski definition) is 5. The van der Waals surface area contributed by atoms with E-state index in [1.165, 1.54) is 13.0 Å². The van der Waals surface area contributed by atoms with Crippen LogP contribution >= 0.6 is 11.6 Å². The number of nitriles is 1. The monoisotopic (exact) mass is 489 g/mol. The third-order valence-electron chi connectivity index (χ3n) is 4.71. The third kappa shape index (κ3) is 7.63. The molecule has 0 saturated carbocycles. The fourth-order valence-electron chi connectivity index (χ4n) is 3.10. The van der Waals surface area contributed by atoms with Gasteiger partial charge in [-0.05, 0) is 72.7 Å². The molecule has 2 N–H and O–H groups in total. The lowest BCUT2D eigenvalue weighted by atomic mass is 10.1.